The van der Waals surface area contributed by atoms with E-state index in [1.807, 2.05) is 6.08 Å². The van der Waals surface area contributed by atoms with E-state index >= 15 is 0 Å². The Morgan fingerprint density at radius 3 is 0.951 bits per heavy atom. The molecule has 2 unspecified atom stereocenters. The van der Waals surface area contributed by atoms with Crippen molar-refractivity contribution in [1.82, 2.24) is 5.32 Å². The maximum absolute atomic E-state index is 12.4. The molecular formula is C57H109NO3. The van der Waals surface area contributed by atoms with Crippen LogP contribution in [-0.2, 0) is 4.79 Å². The van der Waals surface area contributed by atoms with E-state index in [0.717, 1.165) is 38.5 Å². The highest BCUT2D eigenvalue weighted by atomic mass is 16.3. The second kappa shape index (κ2) is 53.0. The van der Waals surface area contributed by atoms with Crippen molar-refractivity contribution in [3.8, 4) is 0 Å². The van der Waals surface area contributed by atoms with Gasteiger partial charge in [0.25, 0.3) is 0 Å². The van der Waals surface area contributed by atoms with Crippen molar-refractivity contribution in [2.24, 2.45) is 0 Å². The molecule has 4 heteroatoms. The van der Waals surface area contributed by atoms with Gasteiger partial charge in [0.15, 0.2) is 0 Å². The average molecular weight is 857 g/mol. The quantitative estimate of drug-likeness (QED) is 0.0422. The molecule has 0 aliphatic rings. The van der Waals surface area contributed by atoms with Crippen molar-refractivity contribution in [3.63, 3.8) is 0 Å². The van der Waals surface area contributed by atoms with Crippen molar-refractivity contribution in [2.45, 2.75) is 315 Å². The predicted molar refractivity (Wildman–Crippen MR) is 272 cm³/mol. The normalized spacial score (nSPS) is 13.0. The summed E-state index contributed by atoms with van der Waals surface area (Å²) in [5, 5.41) is 23.1. The highest BCUT2D eigenvalue weighted by Gasteiger charge is 2.18. The van der Waals surface area contributed by atoms with E-state index in [1.54, 1.807) is 6.08 Å². The largest absolute Gasteiger partial charge is 0.394 e. The number of hydrogen-bond donors (Lipinski definition) is 3. The van der Waals surface area contributed by atoms with Crippen LogP contribution in [0, 0.1) is 0 Å². The Balaban J connectivity index is 3.47. The van der Waals surface area contributed by atoms with Crippen LogP contribution >= 0.6 is 0 Å². The van der Waals surface area contributed by atoms with Gasteiger partial charge in [-0.1, -0.05) is 288 Å². The minimum Gasteiger partial charge on any atom is -0.394 e. The van der Waals surface area contributed by atoms with Gasteiger partial charge in [-0.05, 0) is 44.9 Å². The summed E-state index contributed by atoms with van der Waals surface area (Å²) in [5.74, 6) is -0.0725. The maximum atomic E-state index is 12.4. The Morgan fingerprint density at radius 1 is 0.377 bits per heavy atom. The van der Waals surface area contributed by atoms with E-state index in [2.05, 4.69) is 43.5 Å². The summed E-state index contributed by atoms with van der Waals surface area (Å²) < 4.78 is 0. The first kappa shape index (κ1) is 59.6. The minimum absolute atomic E-state index is 0.0725. The topological polar surface area (TPSA) is 69.6 Å². The van der Waals surface area contributed by atoms with Crippen LogP contribution in [-0.4, -0.2) is 34.9 Å². The lowest BCUT2D eigenvalue weighted by atomic mass is 10.0. The zero-order chi connectivity index (χ0) is 44.2. The summed E-state index contributed by atoms with van der Waals surface area (Å²) in [6, 6.07) is -0.643. The third kappa shape index (κ3) is 49.5. The molecule has 3 N–H and O–H groups in total. The van der Waals surface area contributed by atoms with Gasteiger partial charge in [-0.3, -0.25) is 4.79 Å². The number of amides is 1. The van der Waals surface area contributed by atoms with Gasteiger partial charge in [-0.2, -0.15) is 0 Å². The number of aliphatic hydroxyl groups excluding tert-OH is 2. The van der Waals surface area contributed by atoms with Crippen LogP contribution in [0.1, 0.15) is 303 Å². The van der Waals surface area contributed by atoms with Gasteiger partial charge in [-0.15, -0.1) is 0 Å². The van der Waals surface area contributed by atoms with Gasteiger partial charge < -0.3 is 15.5 Å². The highest BCUT2D eigenvalue weighted by molar-refractivity contribution is 5.76. The summed E-state index contributed by atoms with van der Waals surface area (Å²) in [7, 11) is 0. The molecule has 0 fully saturated rings. The Hall–Kier alpha value is -1.39. The molecule has 0 spiro atoms. The van der Waals surface area contributed by atoms with Gasteiger partial charge in [0.2, 0.25) is 5.91 Å². The minimum atomic E-state index is -0.868. The lowest BCUT2D eigenvalue weighted by molar-refractivity contribution is -0.123. The number of carbonyl (C=O) groups excluding carboxylic acids is 1. The van der Waals surface area contributed by atoms with E-state index in [0.29, 0.717) is 6.42 Å². The van der Waals surface area contributed by atoms with Crippen LogP contribution < -0.4 is 5.32 Å². The van der Waals surface area contributed by atoms with E-state index < -0.39 is 12.1 Å². The second-order valence-corrected chi connectivity index (χ2v) is 19.0. The van der Waals surface area contributed by atoms with Crippen molar-refractivity contribution in [1.29, 1.82) is 0 Å². The molecule has 1 amide bonds. The fourth-order valence-corrected chi connectivity index (χ4v) is 8.63. The molecule has 0 aromatic rings. The number of carbonyl (C=O) groups is 1. The number of rotatable bonds is 51. The molecule has 0 aliphatic carbocycles. The zero-order valence-corrected chi connectivity index (χ0v) is 41.4. The molecular weight excluding hydrogens is 747 g/mol. The summed E-state index contributed by atoms with van der Waals surface area (Å²) in [5.41, 5.74) is 0. The molecule has 0 rings (SSSR count). The number of aliphatic hydroxyl groups is 2. The Bertz CT molecular complexity index is 928. The Labute approximate surface area is 382 Å². The van der Waals surface area contributed by atoms with Crippen LogP contribution in [0.4, 0.5) is 0 Å². The molecule has 0 saturated heterocycles. The third-order valence-corrected chi connectivity index (χ3v) is 12.9. The number of hydrogen-bond acceptors (Lipinski definition) is 3. The van der Waals surface area contributed by atoms with E-state index in [4.69, 9.17) is 0 Å². The molecule has 360 valence electrons. The lowest BCUT2D eigenvalue weighted by Crippen LogP contribution is -2.45. The van der Waals surface area contributed by atoms with E-state index in [-0.39, 0.29) is 12.5 Å². The van der Waals surface area contributed by atoms with Gasteiger partial charge in [0.05, 0.1) is 18.8 Å². The molecule has 0 heterocycles. The van der Waals surface area contributed by atoms with Crippen molar-refractivity contribution < 1.29 is 15.0 Å². The zero-order valence-electron chi connectivity index (χ0n) is 41.4. The fourth-order valence-electron chi connectivity index (χ4n) is 8.63. The van der Waals surface area contributed by atoms with Crippen LogP contribution in [0.3, 0.4) is 0 Å². The highest BCUT2D eigenvalue weighted by Crippen LogP contribution is 2.17. The summed E-state index contributed by atoms with van der Waals surface area (Å²) in [6.07, 6.45) is 71.7. The predicted octanol–water partition coefficient (Wildman–Crippen LogP) is 18.1. The average Bonchev–Trinajstić information content (AvgIpc) is 3.26. The monoisotopic (exact) mass is 856 g/mol. The van der Waals surface area contributed by atoms with Crippen LogP contribution in [0.15, 0.2) is 36.5 Å². The van der Waals surface area contributed by atoms with Gasteiger partial charge in [0.1, 0.15) is 0 Å². The van der Waals surface area contributed by atoms with Crippen molar-refractivity contribution >= 4 is 5.91 Å². The number of allylic oxidation sites excluding steroid dienone is 5. The SMILES string of the molecule is CCCCCCCCCC/C=C/CC/C=C/CC/C=C/C(O)C(CO)NC(=O)CCCCCCCCCCCCCCCCCCCCCCCCCCCCCCCCC. The smallest absolute Gasteiger partial charge is 0.220 e. The Morgan fingerprint density at radius 2 is 0.639 bits per heavy atom. The van der Waals surface area contributed by atoms with Crippen LogP contribution in [0.5, 0.6) is 0 Å². The summed E-state index contributed by atoms with van der Waals surface area (Å²) >= 11 is 0. The molecule has 0 aromatic heterocycles. The molecule has 0 saturated carbocycles. The third-order valence-electron chi connectivity index (χ3n) is 12.9. The molecule has 0 radical (unpaired) electrons. The van der Waals surface area contributed by atoms with Crippen LogP contribution in [0.25, 0.3) is 0 Å². The van der Waals surface area contributed by atoms with Gasteiger partial charge in [0, 0.05) is 6.42 Å². The second-order valence-electron chi connectivity index (χ2n) is 19.0. The standard InChI is InChI=1S/C57H109NO3/c1-3-5-7-9-11-13-15-17-19-21-23-24-25-26-27-28-29-30-31-32-33-34-35-37-39-41-43-45-47-49-51-53-57(61)58-55(54-59)56(60)52-50-48-46-44-42-40-38-36-22-20-18-16-14-12-10-8-6-4-2/h22,36,42,44,50,52,55-56,59-60H,3-21,23-35,37-41,43,45-49,51,53-54H2,1-2H3,(H,58,61)/b36-22+,44-42+,52-50+. The van der Waals surface area contributed by atoms with E-state index in [9.17, 15) is 15.0 Å². The molecule has 0 aromatic carbocycles. The lowest BCUT2D eigenvalue weighted by Gasteiger charge is -2.19. The molecule has 0 aliphatic heterocycles. The van der Waals surface area contributed by atoms with Crippen molar-refractivity contribution in [3.05, 3.63) is 36.5 Å². The van der Waals surface area contributed by atoms with Gasteiger partial charge in [-0.25, -0.2) is 0 Å². The Kier molecular flexibility index (Phi) is 51.7. The first-order valence-corrected chi connectivity index (χ1v) is 27.7. The number of nitrogens with one attached hydrogen (secondary N) is 1. The first-order chi connectivity index (χ1) is 30.2. The van der Waals surface area contributed by atoms with Crippen LogP contribution in [0.2, 0.25) is 0 Å². The maximum Gasteiger partial charge on any atom is 0.220 e. The van der Waals surface area contributed by atoms with Crippen molar-refractivity contribution in [2.75, 3.05) is 6.61 Å². The molecule has 4 nitrogen and oxygen atoms in total. The fraction of sp³-hybridized carbons (Fsp3) is 0.877. The number of unbranched alkanes of at least 4 members (excludes halogenated alkanes) is 40. The molecule has 61 heavy (non-hydrogen) atoms. The molecule has 2 atom stereocenters. The van der Waals surface area contributed by atoms with Gasteiger partial charge >= 0.3 is 0 Å². The summed E-state index contributed by atoms with van der Waals surface area (Å²) in [6.45, 7) is 4.32. The summed E-state index contributed by atoms with van der Waals surface area (Å²) in [4.78, 5) is 12.4. The first-order valence-electron chi connectivity index (χ1n) is 27.7. The molecule has 0 bridgehead atoms. The van der Waals surface area contributed by atoms with E-state index in [1.165, 1.54) is 244 Å².